The summed E-state index contributed by atoms with van der Waals surface area (Å²) < 4.78 is 12.9. The molecule has 0 atom stereocenters. The minimum absolute atomic E-state index is 0.156. The molecule has 4 rings (SSSR count). The number of nitrogens with zero attached hydrogens (tertiary/aromatic N) is 3. The number of para-hydroxylation sites is 1. The summed E-state index contributed by atoms with van der Waals surface area (Å²) in [5.74, 6) is 1.55. The fourth-order valence-corrected chi connectivity index (χ4v) is 5.16. The second-order valence-corrected chi connectivity index (χ2v) is 8.28. The standard InChI is InChI=1S/C23H33N3O3/c1-4-29-23(27)26-14-10-18(11-15-26)25-12-8-17(9-13-25)20-16-24(2)22-19(20)6-5-7-21(22)28-3/h5-7,16-18H,4,8-15H2,1-3H3. The van der Waals surface area contributed by atoms with Gasteiger partial charge >= 0.3 is 6.09 Å². The lowest BCUT2D eigenvalue weighted by Crippen LogP contribution is -2.48. The number of methoxy groups -OCH3 is 1. The SMILES string of the molecule is CCOC(=O)N1CCC(N2CCC(c3cn(C)c4c(OC)cccc34)CC2)CC1. The smallest absolute Gasteiger partial charge is 0.409 e. The summed E-state index contributed by atoms with van der Waals surface area (Å²) in [4.78, 5) is 16.4. The lowest BCUT2D eigenvalue weighted by atomic mass is 9.87. The van der Waals surface area contributed by atoms with Gasteiger partial charge in [0.05, 0.1) is 19.2 Å². The Morgan fingerprint density at radius 3 is 2.48 bits per heavy atom. The molecule has 2 saturated heterocycles. The molecule has 2 aromatic rings. The minimum Gasteiger partial charge on any atom is -0.495 e. The van der Waals surface area contributed by atoms with Gasteiger partial charge in [0.2, 0.25) is 0 Å². The molecule has 2 aliphatic heterocycles. The number of aromatic nitrogens is 1. The first kappa shape index (κ1) is 20.1. The van der Waals surface area contributed by atoms with E-state index in [0.29, 0.717) is 18.6 Å². The van der Waals surface area contributed by atoms with Crippen LogP contribution in [0.1, 0.15) is 44.1 Å². The average molecular weight is 400 g/mol. The molecule has 1 aromatic carbocycles. The number of aryl methyl sites for hydroxylation is 1. The molecule has 1 amide bonds. The molecular formula is C23H33N3O3. The summed E-state index contributed by atoms with van der Waals surface area (Å²) in [6.07, 6.45) is 6.62. The Hall–Kier alpha value is -2.21. The highest BCUT2D eigenvalue weighted by Crippen LogP contribution is 2.38. The zero-order valence-corrected chi connectivity index (χ0v) is 17.9. The molecule has 2 fully saturated rings. The summed E-state index contributed by atoms with van der Waals surface area (Å²) in [6.45, 7) is 6.20. The van der Waals surface area contributed by atoms with Gasteiger partial charge < -0.3 is 23.8 Å². The van der Waals surface area contributed by atoms with E-state index in [2.05, 4.69) is 34.8 Å². The number of benzene rings is 1. The quantitative estimate of drug-likeness (QED) is 0.780. The van der Waals surface area contributed by atoms with E-state index in [0.717, 1.165) is 44.8 Å². The van der Waals surface area contributed by atoms with E-state index < -0.39 is 0 Å². The third-order valence-electron chi connectivity index (χ3n) is 6.69. The lowest BCUT2D eigenvalue weighted by molar-refractivity contribution is 0.0663. The number of piperidine rings is 2. The minimum atomic E-state index is -0.156. The van der Waals surface area contributed by atoms with Crippen LogP contribution in [0.4, 0.5) is 4.79 Å². The molecule has 0 saturated carbocycles. The first-order valence-corrected chi connectivity index (χ1v) is 10.9. The van der Waals surface area contributed by atoms with Gasteiger partial charge in [-0.15, -0.1) is 0 Å². The predicted molar refractivity (Wildman–Crippen MR) is 115 cm³/mol. The summed E-state index contributed by atoms with van der Waals surface area (Å²) in [7, 11) is 3.86. The number of hydrogen-bond acceptors (Lipinski definition) is 4. The molecule has 1 aromatic heterocycles. The summed E-state index contributed by atoms with van der Waals surface area (Å²) in [5, 5.41) is 1.33. The highest BCUT2D eigenvalue weighted by atomic mass is 16.6. The number of carbonyl (C=O) groups excluding carboxylic acids is 1. The van der Waals surface area contributed by atoms with Crippen molar-refractivity contribution >= 4 is 17.0 Å². The van der Waals surface area contributed by atoms with Crippen molar-refractivity contribution in [3.05, 3.63) is 30.0 Å². The third kappa shape index (κ3) is 3.95. The van der Waals surface area contributed by atoms with E-state index in [1.807, 2.05) is 17.9 Å². The maximum Gasteiger partial charge on any atom is 0.409 e. The Labute approximate surface area is 173 Å². The van der Waals surface area contributed by atoms with Crippen LogP contribution in [-0.2, 0) is 11.8 Å². The molecule has 6 nitrogen and oxygen atoms in total. The highest BCUT2D eigenvalue weighted by Gasteiger charge is 2.31. The van der Waals surface area contributed by atoms with Crippen LogP contribution in [-0.4, -0.2) is 66.4 Å². The zero-order valence-electron chi connectivity index (χ0n) is 17.9. The number of amides is 1. The fourth-order valence-electron chi connectivity index (χ4n) is 5.16. The molecule has 0 aliphatic carbocycles. The monoisotopic (exact) mass is 399 g/mol. The lowest BCUT2D eigenvalue weighted by Gasteiger charge is -2.41. The topological polar surface area (TPSA) is 46.9 Å². The van der Waals surface area contributed by atoms with Crippen molar-refractivity contribution in [2.24, 2.45) is 7.05 Å². The van der Waals surface area contributed by atoms with Crippen LogP contribution < -0.4 is 4.74 Å². The van der Waals surface area contributed by atoms with Crippen LogP contribution in [0.3, 0.4) is 0 Å². The number of ether oxygens (including phenoxy) is 2. The molecule has 6 heteroatoms. The van der Waals surface area contributed by atoms with E-state index in [-0.39, 0.29) is 6.09 Å². The van der Waals surface area contributed by atoms with Gasteiger partial charge in [0.1, 0.15) is 5.75 Å². The third-order valence-corrected chi connectivity index (χ3v) is 6.69. The van der Waals surface area contributed by atoms with Crippen molar-refractivity contribution < 1.29 is 14.3 Å². The van der Waals surface area contributed by atoms with Gasteiger partial charge in [-0.25, -0.2) is 4.79 Å². The maximum absolute atomic E-state index is 11.9. The van der Waals surface area contributed by atoms with Crippen LogP contribution >= 0.6 is 0 Å². The highest BCUT2D eigenvalue weighted by molar-refractivity contribution is 5.89. The number of carbonyl (C=O) groups is 1. The summed E-state index contributed by atoms with van der Waals surface area (Å²) in [5.41, 5.74) is 2.65. The van der Waals surface area contributed by atoms with Crippen molar-refractivity contribution in [3.63, 3.8) is 0 Å². The second-order valence-electron chi connectivity index (χ2n) is 8.28. The summed E-state index contributed by atoms with van der Waals surface area (Å²) >= 11 is 0. The Balaban J connectivity index is 1.37. The van der Waals surface area contributed by atoms with E-state index in [1.54, 1.807) is 7.11 Å². The van der Waals surface area contributed by atoms with Gasteiger partial charge in [-0.1, -0.05) is 12.1 Å². The van der Waals surface area contributed by atoms with Gasteiger partial charge in [-0.05, 0) is 63.2 Å². The fraction of sp³-hybridized carbons (Fsp3) is 0.609. The van der Waals surface area contributed by atoms with Crippen molar-refractivity contribution in [2.75, 3.05) is 39.9 Å². The molecule has 158 valence electrons. The molecule has 0 radical (unpaired) electrons. The Morgan fingerprint density at radius 2 is 1.83 bits per heavy atom. The van der Waals surface area contributed by atoms with E-state index in [1.165, 1.54) is 29.3 Å². The number of rotatable bonds is 4. The van der Waals surface area contributed by atoms with E-state index in [9.17, 15) is 4.79 Å². The molecule has 0 unspecified atom stereocenters. The predicted octanol–water partition coefficient (Wildman–Crippen LogP) is 3.99. The van der Waals surface area contributed by atoms with Gasteiger partial charge in [0.25, 0.3) is 0 Å². The van der Waals surface area contributed by atoms with Gasteiger partial charge in [-0.3, -0.25) is 0 Å². The molecule has 3 heterocycles. The van der Waals surface area contributed by atoms with E-state index >= 15 is 0 Å². The first-order valence-electron chi connectivity index (χ1n) is 10.9. The van der Waals surface area contributed by atoms with Crippen LogP contribution in [0.5, 0.6) is 5.75 Å². The molecule has 29 heavy (non-hydrogen) atoms. The van der Waals surface area contributed by atoms with Gasteiger partial charge in [0, 0.05) is 37.8 Å². The Morgan fingerprint density at radius 1 is 1.10 bits per heavy atom. The molecule has 0 bridgehead atoms. The second kappa shape index (κ2) is 8.66. The Kier molecular flexibility index (Phi) is 5.99. The van der Waals surface area contributed by atoms with Crippen molar-refractivity contribution in [2.45, 2.75) is 44.6 Å². The van der Waals surface area contributed by atoms with Crippen LogP contribution in [0.15, 0.2) is 24.4 Å². The maximum atomic E-state index is 11.9. The van der Waals surface area contributed by atoms with Crippen LogP contribution in [0, 0.1) is 0 Å². The van der Waals surface area contributed by atoms with E-state index in [4.69, 9.17) is 9.47 Å². The number of likely N-dealkylation sites (tertiary alicyclic amines) is 2. The van der Waals surface area contributed by atoms with Crippen LogP contribution in [0.2, 0.25) is 0 Å². The molecule has 2 aliphatic rings. The van der Waals surface area contributed by atoms with Gasteiger partial charge in [-0.2, -0.15) is 0 Å². The molecule has 0 N–H and O–H groups in total. The van der Waals surface area contributed by atoms with Gasteiger partial charge in [0.15, 0.2) is 0 Å². The summed E-state index contributed by atoms with van der Waals surface area (Å²) in [6, 6.07) is 6.95. The van der Waals surface area contributed by atoms with Crippen molar-refractivity contribution in [1.29, 1.82) is 0 Å². The zero-order chi connectivity index (χ0) is 20.4. The largest absolute Gasteiger partial charge is 0.495 e. The normalized spacial score (nSPS) is 19.6. The number of fused-ring (bicyclic) bond motifs is 1. The Bertz CT molecular complexity index is 846. The van der Waals surface area contributed by atoms with Crippen molar-refractivity contribution in [3.8, 4) is 5.75 Å². The first-order chi connectivity index (χ1) is 14.1. The molecular weight excluding hydrogens is 366 g/mol. The average Bonchev–Trinajstić information content (AvgIpc) is 3.11. The molecule has 0 spiro atoms. The van der Waals surface area contributed by atoms with Crippen molar-refractivity contribution in [1.82, 2.24) is 14.4 Å². The number of hydrogen-bond donors (Lipinski definition) is 0. The van der Waals surface area contributed by atoms with Crippen LogP contribution in [0.25, 0.3) is 10.9 Å².